The van der Waals surface area contributed by atoms with Gasteiger partial charge in [-0.05, 0) is 29.2 Å². The molecule has 2 N–H and O–H groups in total. The number of carbonyl (C=O) groups excluding carboxylic acids is 3. The van der Waals surface area contributed by atoms with Gasteiger partial charge in [-0.15, -0.1) is 0 Å². The van der Waals surface area contributed by atoms with Crippen LogP contribution < -0.4 is 15.5 Å². The van der Waals surface area contributed by atoms with E-state index < -0.39 is 6.04 Å². The second kappa shape index (κ2) is 6.65. The summed E-state index contributed by atoms with van der Waals surface area (Å²) in [5.74, 6) is -0.738. The number of rotatable bonds is 3. The number of hydrogen-bond acceptors (Lipinski definition) is 5. The fraction of sp³-hybridized carbons (Fsp3) is 0.375. The van der Waals surface area contributed by atoms with Crippen LogP contribution in [0.2, 0.25) is 0 Å². The molecule has 0 aromatic heterocycles. The van der Waals surface area contributed by atoms with Crippen LogP contribution in [0.4, 0.5) is 5.69 Å². The van der Waals surface area contributed by atoms with Crippen molar-refractivity contribution in [3.05, 3.63) is 64.7 Å². The Labute approximate surface area is 180 Å². The van der Waals surface area contributed by atoms with E-state index in [1.165, 1.54) is 11.3 Å². The van der Waals surface area contributed by atoms with Crippen LogP contribution in [0, 0.1) is 0 Å². The number of benzene rings is 2. The van der Waals surface area contributed by atoms with E-state index in [-0.39, 0.29) is 29.6 Å². The molecule has 158 valence electrons. The van der Waals surface area contributed by atoms with Crippen molar-refractivity contribution in [2.75, 3.05) is 24.5 Å². The molecule has 7 heteroatoms. The van der Waals surface area contributed by atoms with Crippen LogP contribution in [0.15, 0.2) is 42.5 Å². The molecule has 7 nitrogen and oxygen atoms in total. The van der Waals surface area contributed by atoms with E-state index in [1.54, 1.807) is 4.90 Å². The van der Waals surface area contributed by atoms with Gasteiger partial charge in [-0.25, -0.2) is 0 Å². The molecule has 0 aliphatic carbocycles. The predicted octanol–water partition coefficient (Wildman–Crippen LogP) is 1.31. The lowest BCUT2D eigenvalue weighted by Gasteiger charge is -2.40. The van der Waals surface area contributed by atoms with Crippen LogP contribution in [0.1, 0.15) is 39.9 Å². The third-order valence-corrected chi connectivity index (χ3v) is 7.24. The van der Waals surface area contributed by atoms with Crippen LogP contribution in [-0.4, -0.2) is 48.3 Å². The van der Waals surface area contributed by atoms with Gasteiger partial charge in [0.2, 0.25) is 11.8 Å². The van der Waals surface area contributed by atoms with Gasteiger partial charge in [0.05, 0.1) is 0 Å². The number of hydrogen-bond donors (Lipinski definition) is 2. The number of anilines is 1. The molecule has 4 aliphatic heterocycles. The van der Waals surface area contributed by atoms with Gasteiger partial charge in [0.1, 0.15) is 6.04 Å². The highest BCUT2D eigenvalue weighted by molar-refractivity contribution is 6.06. The standard InChI is InChI=1S/C24H24N4O3/c29-20-9-8-19(22(30)26-20)28-11-16-5-3-4-15(21(16)23(28)31)10-27-14-24(12-25-13-24)17-6-1-2-7-18(17)27/h1-7,19,25H,8-14H2,(H,26,29,30). The van der Waals surface area contributed by atoms with Crippen LogP contribution in [0.3, 0.4) is 0 Å². The molecule has 6 rings (SSSR count). The van der Waals surface area contributed by atoms with Crippen molar-refractivity contribution in [2.24, 2.45) is 0 Å². The summed E-state index contributed by atoms with van der Waals surface area (Å²) in [5.41, 5.74) is 5.47. The zero-order valence-corrected chi connectivity index (χ0v) is 17.2. The summed E-state index contributed by atoms with van der Waals surface area (Å²) < 4.78 is 0. The molecule has 2 fully saturated rings. The SMILES string of the molecule is O=C1CCC(N2Cc3cccc(CN4CC5(CNC5)c5ccccc54)c3C2=O)C(=O)N1. The molecule has 0 saturated carbocycles. The van der Waals surface area contributed by atoms with Crippen LogP contribution in [0.5, 0.6) is 0 Å². The Bertz CT molecular complexity index is 1120. The Morgan fingerprint density at radius 1 is 1.03 bits per heavy atom. The lowest BCUT2D eigenvalue weighted by atomic mass is 9.77. The summed E-state index contributed by atoms with van der Waals surface area (Å²) in [7, 11) is 0. The molecule has 1 unspecified atom stereocenters. The Balaban J connectivity index is 1.30. The van der Waals surface area contributed by atoms with Gasteiger partial charge in [0.25, 0.3) is 5.91 Å². The minimum absolute atomic E-state index is 0.104. The average molecular weight is 416 g/mol. The molecule has 31 heavy (non-hydrogen) atoms. The maximum Gasteiger partial charge on any atom is 0.255 e. The first-order chi connectivity index (χ1) is 15.1. The first-order valence-corrected chi connectivity index (χ1v) is 10.9. The molecular formula is C24H24N4O3. The van der Waals surface area contributed by atoms with E-state index in [4.69, 9.17) is 0 Å². The van der Waals surface area contributed by atoms with E-state index in [1.807, 2.05) is 18.2 Å². The van der Waals surface area contributed by atoms with Gasteiger partial charge in [-0.3, -0.25) is 19.7 Å². The monoisotopic (exact) mass is 416 g/mol. The highest BCUT2D eigenvalue weighted by Gasteiger charge is 2.47. The third-order valence-electron chi connectivity index (χ3n) is 7.24. The highest BCUT2D eigenvalue weighted by Crippen LogP contribution is 2.44. The second-order valence-corrected chi connectivity index (χ2v) is 9.11. The molecule has 0 bridgehead atoms. The summed E-state index contributed by atoms with van der Waals surface area (Å²) in [6.07, 6.45) is 0.652. The fourth-order valence-corrected chi connectivity index (χ4v) is 5.63. The quantitative estimate of drug-likeness (QED) is 0.738. The maximum absolute atomic E-state index is 13.4. The Hall–Kier alpha value is -3.19. The summed E-state index contributed by atoms with van der Waals surface area (Å²) >= 11 is 0. The second-order valence-electron chi connectivity index (χ2n) is 9.11. The summed E-state index contributed by atoms with van der Waals surface area (Å²) in [4.78, 5) is 41.3. The van der Waals surface area contributed by atoms with Crippen molar-refractivity contribution in [2.45, 2.75) is 37.4 Å². The molecule has 1 atom stereocenters. The molecule has 1 spiro atoms. The number of amides is 3. The number of imide groups is 1. The minimum Gasteiger partial charge on any atom is -0.366 e. The lowest BCUT2D eigenvalue weighted by Crippen LogP contribution is -2.58. The van der Waals surface area contributed by atoms with Crippen molar-refractivity contribution in [3.63, 3.8) is 0 Å². The first-order valence-electron chi connectivity index (χ1n) is 10.9. The number of piperidine rings is 1. The number of nitrogens with one attached hydrogen (secondary N) is 2. The van der Waals surface area contributed by atoms with Crippen molar-refractivity contribution in [1.82, 2.24) is 15.5 Å². The van der Waals surface area contributed by atoms with Gasteiger partial charge >= 0.3 is 0 Å². The van der Waals surface area contributed by atoms with Crippen LogP contribution in [-0.2, 0) is 28.1 Å². The fourth-order valence-electron chi connectivity index (χ4n) is 5.63. The molecule has 4 aliphatic rings. The third kappa shape index (κ3) is 2.73. The topological polar surface area (TPSA) is 81.8 Å². The van der Waals surface area contributed by atoms with Crippen molar-refractivity contribution in [3.8, 4) is 0 Å². The normalized spacial score (nSPS) is 23.6. The Kier molecular flexibility index (Phi) is 3.99. The van der Waals surface area contributed by atoms with E-state index in [2.05, 4.69) is 39.8 Å². The molecule has 3 amide bonds. The highest BCUT2D eigenvalue weighted by atomic mass is 16.2. The number of para-hydroxylation sites is 1. The van der Waals surface area contributed by atoms with E-state index in [0.717, 1.165) is 36.3 Å². The summed E-state index contributed by atoms with van der Waals surface area (Å²) in [6, 6.07) is 14.0. The van der Waals surface area contributed by atoms with Gasteiger partial charge in [-0.1, -0.05) is 36.4 Å². The molecule has 0 radical (unpaired) electrons. The zero-order valence-electron chi connectivity index (χ0n) is 17.2. The maximum atomic E-state index is 13.4. The van der Waals surface area contributed by atoms with Gasteiger partial charge in [0, 0.05) is 55.8 Å². The van der Waals surface area contributed by atoms with Crippen molar-refractivity contribution >= 4 is 23.4 Å². The van der Waals surface area contributed by atoms with E-state index >= 15 is 0 Å². The van der Waals surface area contributed by atoms with Crippen molar-refractivity contribution < 1.29 is 14.4 Å². The zero-order chi connectivity index (χ0) is 21.2. The van der Waals surface area contributed by atoms with Crippen molar-refractivity contribution in [1.29, 1.82) is 0 Å². The smallest absolute Gasteiger partial charge is 0.255 e. The van der Waals surface area contributed by atoms with Gasteiger partial charge < -0.3 is 15.1 Å². The molecule has 2 saturated heterocycles. The Morgan fingerprint density at radius 2 is 1.87 bits per heavy atom. The molecule has 4 heterocycles. The summed E-state index contributed by atoms with van der Waals surface area (Å²) in [5, 5.41) is 5.79. The van der Waals surface area contributed by atoms with E-state index in [9.17, 15) is 14.4 Å². The predicted molar refractivity (Wildman–Crippen MR) is 115 cm³/mol. The number of fused-ring (bicyclic) bond motifs is 3. The molecule has 2 aromatic carbocycles. The van der Waals surface area contributed by atoms with E-state index in [0.29, 0.717) is 19.5 Å². The minimum atomic E-state index is -0.581. The lowest BCUT2D eigenvalue weighted by molar-refractivity contribution is -0.136. The van der Waals surface area contributed by atoms with Gasteiger partial charge in [-0.2, -0.15) is 0 Å². The Morgan fingerprint density at radius 3 is 2.65 bits per heavy atom. The first kappa shape index (κ1) is 18.6. The number of carbonyl (C=O) groups is 3. The van der Waals surface area contributed by atoms with Crippen LogP contribution >= 0.6 is 0 Å². The average Bonchev–Trinajstić information content (AvgIpc) is 3.25. The molecule has 2 aromatic rings. The number of nitrogens with zero attached hydrogens (tertiary/aromatic N) is 2. The summed E-state index contributed by atoms with van der Waals surface area (Å²) in [6.45, 7) is 3.98. The molecular weight excluding hydrogens is 392 g/mol. The van der Waals surface area contributed by atoms with Crippen LogP contribution in [0.25, 0.3) is 0 Å². The van der Waals surface area contributed by atoms with Gasteiger partial charge in [0.15, 0.2) is 0 Å². The largest absolute Gasteiger partial charge is 0.366 e.